The van der Waals surface area contributed by atoms with Gasteiger partial charge in [0, 0.05) is 17.3 Å². The molecule has 1 aromatic heterocycles. The predicted octanol–water partition coefficient (Wildman–Crippen LogP) is 1.38. The Hall–Kier alpha value is -1.82. The molecule has 2 rings (SSSR count). The first-order valence-corrected chi connectivity index (χ1v) is 5.05. The molecule has 0 saturated heterocycles. The number of nitrogens with zero attached hydrogens (tertiary/aromatic N) is 2. The molecule has 0 spiro atoms. The average molecular weight is 222 g/mol. The average Bonchev–Trinajstić information content (AvgIpc) is 2.64. The van der Waals surface area contributed by atoms with E-state index in [2.05, 4.69) is 10.2 Å². The van der Waals surface area contributed by atoms with Crippen molar-refractivity contribution in [1.82, 2.24) is 10.2 Å². The molecule has 4 N–H and O–H groups in total. The minimum absolute atomic E-state index is 0.431. The van der Waals surface area contributed by atoms with Gasteiger partial charge in [0.05, 0.1) is 7.11 Å². The van der Waals surface area contributed by atoms with Crippen molar-refractivity contribution < 1.29 is 4.74 Å². The summed E-state index contributed by atoms with van der Waals surface area (Å²) in [4.78, 5) is 0. The normalized spacial score (nSPS) is 10.2. The summed E-state index contributed by atoms with van der Waals surface area (Å²) in [5.74, 6) is 0.716. The lowest BCUT2D eigenvalue weighted by atomic mass is 10.2. The van der Waals surface area contributed by atoms with Crippen molar-refractivity contribution in [2.45, 2.75) is 0 Å². The van der Waals surface area contributed by atoms with Crippen LogP contribution < -0.4 is 16.2 Å². The van der Waals surface area contributed by atoms with Gasteiger partial charge in [0.25, 0.3) is 0 Å². The lowest BCUT2D eigenvalue weighted by Gasteiger charge is -2.04. The van der Waals surface area contributed by atoms with Gasteiger partial charge in [-0.05, 0) is 12.1 Å². The molecule has 15 heavy (non-hydrogen) atoms. The van der Waals surface area contributed by atoms with Crippen LogP contribution in [-0.2, 0) is 0 Å². The van der Waals surface area contributed by atoms with Gasteiger partial charge in [-0.25, -0.2) is 0 Å². The van der Waals surface area contributed by atoms with Gasteiger partial charge < -0.3 is 16.2 Å². The van der Waals surface area contributed by atoms with Gasteiger partial charge in [0.2, 0.25) is 5.13 Å². The first kappa shape index (κ1) is 9.72. The van der Waals surface area contributed by atoms with Crippen LogP contribution in [0.25, 0.3) is 10.6 Å². The molecular formula is C9H10N4OS. The monoisotopic (exact) mass is 222 g/mol. The molecule has 0 atom stereocenters. The maximum absolute atomic E-state index is 5.86. The van der Waals surface area contributed by atoms with E-state index < -0.39 is 0 Å². The van der Waals surface area contributed by atoms with Gasteiger partial charge in [0.15, 0.2) is 5.01 Å². The van der Waals surface area contributed by atoms with E-state index in [0.717, 1.165) is 5.56 Å². The Morgan fingerprint density at radius 2 is 2.07 bits per heavy atom. The summed E-state index contributed by atoms with van der Waals surface area (Å²) in [5, 5.41) is 8.81. The zero-order valence-electron chi connectivity index (χ0n) is 8.10. The van der Waals surface area contributed by atoms with Gasteiger partial charge in [-0.1, -0.05) is 11.3 Å². The molecule has 0 unspecified atom stereocenters. The van der Waals surface area contributed by atoms with Crippen LogP contribution in [0.4, 0.5) is 10.8 Å². The van der Waals surface area contributed by atoms with Gasteiger partial charge in [-0.2, -0.15) is 0 Å². The third kappa shape index (κ3) is 1.84. The SMILES string of the molecule is COc1ccc(-c2nnc(N)s2)c(N)c1. The Balaban J connectivity index is 2.45. The molecule has 2 aromatic rings. The molecule has 0 radical (unpaired) electrons. The summed E-state index contributed by atoms with van der Waals surface area (Å²) in [6, 6.07) is 5.41. The van der Waals surface area contributed by atoms with Crippen LogP contribution in [0.3, 0.4) is 0 Å². The molecule has 1 aromatic carbocycles. The Morgan fingerprint density at radius 1 is 1.27 bits per heavy atom. The summed E-state index contributed by atoms with van der Waals surface area (Å²) in [6.45, 7) is 0. The highest BCUT2D eigenvalue weighted by Gasteiger charge is 2.08. The third-order valence-electron chi connectivity index (χ3n) is 1.93. The van der Waals surface area contributed by atoms with E-state index in [1.54, 1.807) is 13.2 Å². The van der Waals surface area contributed by atoms with Crippen molar-refractivity contribution in [2.75, 3.05) is 18.6 Å². The van der Waals surface area contributed by atoms with Crippen LogP contribution in [0.2, 0.25) is 0 Å². The van der Waals surface area contributed by atoms with Crippen molar-refractivity contribution in [3.8, 4) is 16.3 Å². The predicted molar refractivity (Wildman–Crippen MR) is 60.7 cm³/mol. The first-order chi connectivity index (χ1) is 7.20. The van der Waals surface area contributed by atoms with E-state index in [-0.39, 0.29) is 0 Å². The molecule has 0 aliphatic carbocycles. The standard InChI is InChI=1S/C9H10N4OS/c1-14-5-2-3-6(7(10)4-5)8-12-13-9(11)15-8/h2-4H,10H2,1H3,(H2,11,13). The Labute approximate surface area is 90.7 Å². The van der Waals surface area contributed by atoms with Crippen molar-refractivity contribution in [2.24, 2.45) is 0 Å². The molecule has 0 aliphatic heterocycles. The Bertz CT molecular complexity index is 483. The number of benzene rings is 1. The zero-order valence-corrected chi connectivity index (χ0v) is 8.91. The van der Waals surface area contributed by atoms with Crippen LogP contribution in [-0.4, -0.2) is 17.3 Å². The number of nitrogen functional groups attached to an aromatic ring is 2. The molecule has 0 saturated carbocycles. The number of methoxy groups -OCH3 is 1. The highest BCUT2D eigenvalue weighted by molar-refractivity contribution is 7.18. The largest absolute Gasteiger partial charge is 0.497 e. The van der Waals surface area contributed by atoms with Crippen LogP contribution in [0.5, 0.6) is 5.75 Å². The number of aromatic nitrogens is 2. The minimum atomic E-state index is 0.431. The molecule has 0 bridgehead atoms. The lowest BCUT2D eigenvalue weighted by molar-refractivity contribution is 0.415. The van der Waals surface area contributed by atoms with E-state index in [9.17, 15) is 0 Å². The number of ether oxygens (including phenoxy) is 1. The summed E-state index contributed by atoms with van der Waals surface area (Å²) >= 11 is 1.30. The second-order valence-corrected chi connectivity index (χ2v) is 3.91. The fraction of sp³-hybridized carbons (Fsp3) is 0.111. The molecule has 78 valence electrons. The quantitative estimate of drug-likeness (QED) is 0.749. The van der Waals surface area contributed by atoms with E-state index in [4.69, 9.17) is 16.2 Å². The summed E-state index contributed by atoms with van der Waals surface area (Å²) in [7, 11) is 1.59. The highest BCUT2D eigenvalue weighted by atomic mass is 32.1. The number of nitrogens with two attached hydrogens (primary N) is 2. The zero-order chi connectivity index (χ0) is 10.8. The Kier molecular flexibility index (Phi) is 2.42. The maximum atomic E-state index is 5.86. The number of anilines is 2. The van der Waals surface area contributed by atoms with E-state index in [0.29, 0.717) is 21.6 Å². The van der Waals surface area contributed by atoms with Gasteiger partial charge in [-0.3, -0.25) is 0 Å². The van der Waals surface area contributed by atoms with Crippen molar-refractivity contribution in [3.05, 3.63) is 18.2 Å². The van der Waals surface area contributed by atoms with Gasteiger partial charge in [-0.15, -0.1) is 10.2 Å². The van der Waals surface area contributed by atoms with Crippen LogP contribution in [0.1, 0.15) is 0 Å². The first-order valence-electron chi connectivity index (χ1n) is 4.23. The molecular weight excluding hydrogens is 212 g/mol. The number of rotatable bonds is 2. The number of hydrogen-bond donors (Lipinski definition) is 2. The second-order valence-electron chi connectivity index (χ2n) is 2.90. The van der Waals surface area contributed by atoms with Crippen LogP contribution in [0, 0.1) is 0 Å². The Morgan fingerprint density at radius 3 is 2.60 bits per heavy atom. The lowest BCUT2D eigenvalue weighted by Crippen LogP contribution is -1.91. The molecule has 1 heterocycles. The molecule has 5 nitrogen and oxygen atoms in total. The molecule has 0 aliphatic rings. The number of hydrogen-bond acceptors (Lipinski definition) is 6. The molecule has 0 amide bonds. The fourth-order valence-electron chi connectivity index (χ4n) is 1.21. The van der Waals surface area contributed by atoms with Crippen molar-refractivity contribution >= 4 is 22.2 Å². The van der Waals surface area contributed by atoms with Crippen LogP contribution >= 0.6 is 11.3 Å². The topological polar surface area (TPSA) is 87.0 Å². The van der Waals surface area contributed by atoms with Crippen molar-refractivity contribution in [3.63, 3.8) is 0 Å². The van der Waals surface area contributed by atoms with E-state index in [1.807, 2.05) is 12.1 Å². The highest BCUT2D eigenvalue weighted by Crippen LogP contribution is 2.31. The molecule has 6 heteroatoms. The van der Waals surface area contributed by atoms with E-state index >= 15 is 0 Å². The minimum Gasteiger partial charge on any atom is -0.497 e. The van der Waals surface area contributed by atoms with Crippen molar-refractivity contribution in [1.29, 1.82) is 0 Å². The fourth-order valence-corrected chi connectivity index (χ4v) is 1.86. The maximum Gasteiger partial charge on any atom is 0.203 e. The van der Waals surface area contributed by atoms with Crippen LogP contribution in [0.15, 0.2) is 18.2 Å². The van der Waals surface area contributed by atoms with E-state index in [1.165, 1.54) is 11.3 Å². The second kappa shape index (κ2) is 3.74. The van der Waals surface area contributed by atoms with Gasteiger partial charge >= 0.3 is 0 Å². The summed E-state index contributed by atoms with van der Waals surface area (Å²) in [6.07, 6.45) is 0. The smallest absolute Gasteiger partial charge is 0.203 e. The van der Waals surface area contributed by atoms with Gasteiger partial charge in [0.1, 0.15) is 5.75 Å². The summed E-state index contributed by atoms with van der Waals surface area (Å²) < 4.78 is 5.05. The molecule has 0 fully saturated rings. The summed E-state index contributed by atoms with van der Waals surface area (Å²) in [5.41, 5.74) is 12.8. The third-order valence-corrected chi connectivity index (χ3v) is 2.72.